The number of rotatable bonds is 2. The molecular weight excluding hydrogens is 306 g/mol. The third kappa shape index (κ3) is 2.65. The number of fused-ring (bicyclic) bond motifs is 1. The van der Waals surface area contributed by atoms with Crippen LogP contribution in [0.4, 0.5) is 5.00 Å². The van der Waals surface area contributed by atoms with E-state index in [1.807, 2.05) is 0 Å². The first-order valence-corrected chi connectivity index (χ1v) is 7.78. The first-order valence-electron chi connectivity index (χ1n) is 6.58. The van der Waals surface area contributed by atoms with Gasteiger partial charge in [-0.1, -0.05) is 11.6 Å². The van der Waals surface area contributed by atoms with Gasteiger partial charge in [-0.2, -0.15) is 5.26 Å². The van der Waals surface area contributed by atoms with Crippen LogP contribution in [0.25, 0.3) is 0 Å². The van der Waals surface area contributed by atoms with Gasteiger partial charge in [0.1, 0.15) is 16.2 Å². The number of anilines is 1. The predicted octanol–water partition coefficient (Wildman–Crippen LogP) is 3.72. The second-order valence-electron chi connectivity index (χ2n) is 4.95. The Morgan fingerprint density at radius 2 is 2.29 bits per heavy atom. The number of hydrogen-bond donors (Lipinski definition) is 1. The summed E-state index contributed by atoms with van der Waals surface area (Å²) in [6, 6.07) is 5.41. The van der Waals surface area contributed by atoms with Crippen molar-refractivity contribution in [2.24, 2.45) is 0 Å². The van der Waals surface area contributed by atoms with Crippen LogP contribution >= 0.6 is 22.9 Å². The van der Waals surface area contributed by atoms with E-state index in [2.05, 4.69) is 16.4 Å². The summed E-state index contributed by atoms with van der Waals surface area (Å²) < 4.78 is 0. The molecule has 0 unspecified atom stereocenters. The summed E-state index contributed by atoms with van der Waals surface area (Å²) in [7, 11) is 0. The average Bonchev–Trinajstić information content (AvgIpc) is 2.97. The fraction of sp³-hybridized carbons (Fsp3) is 0.267. The molecule has 0 aliphatic heterocycles. The standard InChI is InChI=1S/C15H12ClN3OS/c1-8-5-9(6-13(16)18-8)14(20)19-15-11(7-17)10-3-2-4-12(10)21-15/h5-6H,2-4H2,1H3,(H,19,20). The highest BCUT2D eigenvalue weighted by Crippen LogP contribution is 2.38. The van der Waals surface area contributed by atoms with E-state index < -0.39 is 0 Å². The third-order valence-corrected chi connectivity index (χ3v) is 4.85. The minimum atomic E-state index is -0.265. The zero-order valence-electron chi connectivity index (χ0n) is 11.4. The lowest BCUT2D eigenvalue weighted by molar-refractivity contribution is 0.102. The van der Waals surface area contributed by atoms with Crippen molar-refractivity contribution < 1.29 is 4.79 Å². The number of hydrogen-bond acceptors (Lipinski definition) is 4. The minimum Gasteiger partial charge on any atom is -0.312 e. The predicted molar refractivity (Wildman–Crippen MR) is 83.0 cm³/mol. The first kappa shape index (κ1) is 14.1. The highest BCUT2D eigenvalue weighted by atomic mass is 35.5. The lowest BCUT2D eigenvalue weighted by Crippen LogP contribution is -2.12. The molecule has 106 valence electrons. The number of amides is 1. The number of nitrogens with one attached hydrogen (secondary N) is 1. The number of aryl methyl sites for hydroxylation is 2. The summed E-state index contributed by atoms with van der Waals surface area (Å²) in [5.41, 5.74) is 2.84. The molecule has 0 spiro atoms. The molecule has 6 heteroatoms. The van der Waals surface area contributed by atoms with Gasteiger partial charge in [0.15, 0.2) is 0 Å². The first-order chi connectivity index (χ1) is 10.1. The molecule has 0 saturated carbocycles. The highest BCUT2D eigenvalue weighted by Gasteiger charge is 2.23. The Morgan fingerprint density at radius 1 is 1.48 bits per heavy atom. The van der Waals surface area contributed by atoms with Crippen molar-refractivity contribution in [2.45, 2.75) is 26.2 Å². The van der Waals surface area contributed by atoms with Crippen LogP contribution in [0, 0.1) is 18.3 Å². The molecule has 0 aromatic carbocycles. The van der Waals surface area contributed by atoms with Gasteiger partial charge in [0.05, 0.1) is 5.56 Å². The largest absolute Gasteiger partial charge is 0.312 e. The Labute approximate surface area is 131 Å². The number of aromatic nitrogens is 1. The van der Waals surface area contributed by atoms with E-state index in [9.17, 15) is 10.1 Å². The van der Waals surface area contributed by atoms with Crippen LogP contribution < -0.4 is 5.32 Å². The number of carbonyl (C=O) groups is 1. The van der Waals surface area contributed by atoms with Gasteiger partial charge in [-0.25, -0.2) is 4.98 Å². The van der Waals surface area contributed by atoms with Crippen molar-refractivity contribution in [1.82, 2.24) is 4.98 Å². The molecule has 2 heterocycles. The van der Waals surface area contributed by atoms with Crippen LogP contribution in [0.5, 0.6) is 0 Å². The van der Waals surface area contributed by atoms with Gasteiger partial charge < -0.3 is 5.32 Å². The van der Waals surface area contributed by atoms with Crippen LogP contribution in [-0.4, -0.2) is 10.9 Å². The minimum absolute atomic E-state index is 0.265. The monoisotopic (exact) mass is 317 g/mol. The van der Waals surface area contributed by atoms with Crippen molar-refractivity contribution >= 4 is 33.8 Å². The van der Waals surface area contributed by atoms with E-state index in [1.54, 1.807) is 13.0 Å². The molecule has 3 rings (SSSR count). The number of halogens is 1. The highest BCUT2D eigenvalue weighted by molar-refractivity contribution is 7.16. The van der Waals surface area contributed by atoms with Crippen molar-refractivity contribution in [3.05, 3.63) is 44.5 Å². The number of nitriles is 1. The summed E-state index contributed by atoms with van der Waals surface area (Å²) in [5, 5.41) is 13.1. The maximum absolute atomic E-state index is 12.3. The Balaban J connectivity index is 1.90. The van der Waals surface area contributed by atoms with Crippen LogP contribution in [0.1, 0.15) is 38.5 Å². The molecule has 1 aliphatic carbocycles. The molecule has 0 saturated heterocycles. The lowest BCUT2D eigenvalue weighted by Gasteiger charge is -2.05. The van der Waals surface area contributed by atoms with E-state index in [0.29, 0.717) is 21.8 Å². The Hall–Kier alpha value is -1.90. The van der Waals surface area contributed by atoms with Crippen molar-refractivity contribution in [1.29, 1.82) is 5.26 Å². The van der Waals surface area contributed by atoms with E-state index in [1.165, 1.54) is 22.3 Å². The maximum Gasteiger partial charge on any atom is 0.256 e. The molecule has 0 atom stereocenters. The Kier molecular flexibility index (Phi) is 3.66. The number of thiophene rings is 1. The second-order valence-corrected chi connectivity index (χ2v) is 6.44. The zero-order chi connectivity index (χ0) is 15.0. The molecule has 1 N–H and O–H groups in total. The summed E-state index contributed by atoms with van der Waals surface area (Å²) in [6.07, 6.45) is 3.00. The molecule has 0 fully saturated rings. The zero-order valence-corrected chi connectivity index (χ0v) is 12.9. The van der Waals surface area contributed by atoms with Crippen LogP contribution in [0.3, 0.4) is 0 Å². The molecule has 4 nitrogen and oxygen atoms in total. The van der Waals surface area contributed by atoms with Gasteiger partial charge in [-0.3, -0.25) is 4.79 Å². The Bertz CT molecular complexity index is 756. The maximum atomic E-state index is 12.3. The fourth-order valence-electron chi connectivity index (χ4n) is 2.55. The normalized spacial score (nSPS) is 12.8. The molecule has 2 aromatic rings. The smallest absolute Gasteiger partial charge is 0.256 e. The Morgan fingerprint density at radius 3 is 3.00 bits per heavy atom. The molecule has 1 amide bonds. The SMILES string of the molecule is Cc1cc(C(=O)Nc2sc3c(c2C#N)CCC3)cc(Cl)n1. The van der Waals surface area contributed by atoms with Crippen LogP contribution in [-0.2, 0) is 12.8 Å². The summed E-state index contributed by atoms with van der Waals surface area (Å²) in [4.78, 5) is 17.6. The molecular formula is C15H12ClN3OS. The molecule has 0 bridgehead atoms. The number of carbonyl (C=O) groups excluding carboxylic acids is 1. The van der Waals surface area contributed by atoms with Gasteiger partial charge in [0.25, 0.3) is 5.91 Å². The third-order valence-electron chi connectivity index (χ3n) is 3.44. The van der Waals surface area contributed by atoms with Crippen molar-refractivity contribution in [3.8, 4) is 6.07 Å². The molecule has 21 heavy (non-hydrogen) atoms. The molecule has 2 aromatic heterocycles. The second kappa shape index (κ2) is 5.47. The van der Waals surface area contributed by atoms with Gasteiger partial charge in [-0.15, -0.1) is 11.3 Å². The van der Waals surface area contributed by atoms with E-state index in [4.69, 9.17) is 11.6 Å². The fourth-order valence-corrected chi connectivity index (χ4v) is 4.03. The van der Waals surface area contributed by atoms with Gasteiger partial charge in [0.2, 0.25) is 0 Å². The van der Waals surface area contributed by atoms with E-state index in [-0.39, 0.29) is 11.1 Å². The van der Waals surface area contributed by atoms with Gasteiger partial charge in [-0.05, 0) is 43.9 Å². The van der Waals surface area contributed by atoms with Crippen LogP contribution in [0.2, 0.25) is 5.15 Å². The molecule has 0 radical (unpaired) electrons. The summed E-state index contributed by atoms with van der Waals surface area (Å²) >= 11 is 7.38. The van der Waals surface area contributed by atoms with Crippen molar-refractivity contribution in [2.75, 3.05) is 5.32 Å². The van der Waals surface area contributed by atoms with Crippen LogP contribution in [0.15, 0.2) is 12.1 Å². The summed E-state index contributed by atoms with van der Waals surface area (Å²) in [5.74, 6) is -0.265. The van der Waals surface area contributed by atoms with E-state index >= 15 is 0 Å². The van der Waals surface area contributed by atoms with E-state index in [0.717, 1.165) is 24.8 Å². The quantitative estimate of drug-likeness (QED) is 0.858. The average molecular weight is 318 g/mol. The number of pyridine rings is 1. The lowest BCUT2D eigenvalue weighted by atomic mass is 10.1. The van der Waals surface area contributed by atoms with Crippen molar-refractivity contribution in [3.63, 3.8) is 0 Å². The van der Waals surface area contributed by atoms with Gasteiger partial charge >= 0.3 is 0 Å². The van der Waals surface area contributed by atoms with Gasteiger partial charge in [0, 0.05) is 16.1 Å². The number of nitrogens with zero attached hydrogens (tertiary/aromatic N) is 2. The topological polar surface area (TPSA) is 65.8 Å². The molecule has 1 aliphatic rings. The summed E-state index contributed by atoms with van der Waals surface area (Å²) in [6.45, 7) is 1.78.